The van der Waals surface area contributed by atoms with Gasteiger partial charge in [-0.2, -0.15) is 5.10 Å². The Morgan fingerprint density at radius 2 is 1.69 bits per heavy atom. The maximum absolute atomic E-state index is 13.2. The minimum absolute atomic E-state index is 0.0960. The van der Waals surface area contributed by atoms with Crippen molar-refractivity contribution in [3.8, 4) is 22.5 Å². The molecule has 5 nitrogen and oxygen atoms in total. The Morgan fingerprint density at radius 1 is 1.04 bits per heavy atom. The fourth-order valence-corrected chi connectivity index (χ4v) is 2.89. The molecule has 0 amide bonds. The number of rotatable bonds is 3. The number of halogens is 1. The summed E-state index contributed by atoms with van der Waals surface area (Å²) in [4.78, 5) is 16.4. The molecule has 0 saturated carbocycles. The van der Waals surface area contributed by atoms with Crippen LogP contribution >= 0.6 is 0 Å². The van der Waals surface area contributed by atoms with E-state index < -0.39 is 5.97 Å². The summed E-state index contributed by atoms with van der Waals surface area (Å²) in [7, 11) is 0. The summed E-state index contributed by atoms with van der Waals surface area (Å²) in [6, 6.07) is 15.0. The third kappa shape index (κ3) is 2.71. The molecule has 2 aromatic heterocycles. The Labute approximate surface area is 148 Å². The summed E-state index contributed by atoms with van der Waals surface area (Å²) in [6.07, 6.45) is 0. The molecule has 0 unspecified atom stereocenters. The molecule has 4 aromatic rings. The molecule has 128 valence electrons. The minimum Gasteiger partial charge on any atom is -0.478 e. The van der Waals surface area contributed by atoms with Crippen LogP contribution < -0.4 is 0 Å². The Kier molecular flexibility index (Phi) is 3.73. The number of aromatic amines is 1. The zero-order chi connectivity index (χ0) is 18.3. The number of hydrogen-bond acceptors (Lipinski definition) is 3. The molecular formula is C20H14FN3O2. The van der Waals surface area contributed by atoms with Gasteiger partial charge in [0.25, 0.3) is 0 Å². The van der Waals surface area contributed by atoms with Crippen molar-refractivity contribution >= 4 is 17.0 Å². The quantitative estimate of drug-likeness (QED) is 0.574. The van der Waals surface area contributed by atoms with Crippen LogP contribution in [0.25, 0.3) is 33.5 Å². The molecule has 0 bridgehead atoms. The van der Waals surface area contributed by atoms with Crippen molar-refractivity contribution in [2.45, 2.75) is 6.92 Å². The lowest BCUT2D eigenvalue weighted by molar-refractivity contribution is 0.0699. The molecule has 0 fully saturated rings. The Bertz CT molecular complexity index is 1120. The number of benzene rings is 2. The minimum atomic E-state index is -1.07. The van der Waals surface area contributed by atoms with Gasteiger partial charge in [0, 0.05) is 11.1 Å². The van der Waals surface area contributed by atoms with Crippen molar-refractivity contribution < 1.29 is 14.3 Å². The van der Waals surface area contributed by atoms with Crippen LogP contribution in [0.2, 0.25) is 0 Å². The first-order valence-electron chi connectivity index (χ1n) is 7.98. The third-order valence-electron chi connectivity index (χ3n) is 4.23. The molecule has 2 aromatic carbocycles. The SMILES string of the molecule is Cc1ccc(-c2cc(C(=O)O)c3c(-c4ccc(F)cc4)[nH]nc3n2)cc1. The molecule has 6 heteroatoms. The molecule has 26 heavy (non-hydrogen) atoms. The topological polar surface area (TPSA) is 78.9 Å². The van der Waals surface area contributed by atoms with Crippen molar-refractivity contribution in [1.29, 1.82) is 0 Å². The highest BCUT2D eigenvalue weighted by Gasteiger charge is 2.19. The summed E-state index contributed by atoms with van der Waals surface area (Å²) in [6.45, 7) is 1.98. The van der Waals surface area contributed by atoms with Crippen LogP contribution in [0, 0.1) is 12.7 Å². The van der Waals surface area contributed by atoms with Crippen LogP contribution in [0.15, 0.2) is 54.6 Å². The predicted molar refractivity (Wildman–Crippen MR) is 96.4 cm³/mol. The highest BCUT2D eigenvalue weighted by molar-refractivity contribution is 6.08. The highest BCUT2D eigenvalue weighted by atomic mass is 19.1. The van der Waals surface area contributed by atoms with E-state index in [9.17, 15) is 14.3 Å². The van der Waals surface area contributed by atoms with Crippen LogP contribution in [0.5, 0.6) is 0 Å². The van der Waals surface area contributed by atoms with Crippen LogP contribution in [0.1, 0.15) is 15.9 Å². The second-order valence-electron chi connectivity index (χ2n) is 6.03. The lowest BCUT2D eigenvalue weighted by Crippen LogP contribution is -2.00. The standard InChI is InChI=1S/C20H14FN3O2/c1-11-2-4-12(5-3-11)16-10-15(20(25)26)17-18(23-24-19(17)22-16)13-6-8-14(21)9-7-13/h2-10H,1H3,(H,25,26)(H,22,23,24). The first-order chi connectivity index (χ1) is 12.5. The van der Waals surface area contributed by atoms with Crippen LogP contribution in [0.3, 0.4) is 0 Å². The Balaban J connectivity index is 1.94. The van der Waals surface area contributed by atoms with Gasteiger partial charge in [-0.15, -0.1) is 0 Å². The van der Waals surface area contributed by atoms with E-state index in [-0.39, 0.29) is 11.4 Å². The molecular weight excluding hydrogens is 333 g/mol. The highest BCUT2D eigenvalue weighted by Crippen LogP contribution is 2.31. The van der Waals surface area contributed by atoms with Crippen molar-refractivity contribution in [2.24, 2.45) is 0 Å². The second-order valence-corrected chi connectivity index (χ2v) is 6.03. The summed E-state index contributed by atoms with van der Waals surface area (Å²) < 4.78 is 13.2. The first kappa shape index (κ1) is 16.0. The van der Waals surface area contributed by atoms with Crippen molar-refractivity contribution in [2.75, 3.05) is 0 Å². The van der Waals surface area contributed by atoms with E-state index in [2.05, 4.69) is 15.2 Å². The van der Waals surface area contributed by atoms with Gasteiger partial charge in [0.15, 0.2) is 5.65 Å². The van der Waals surface area contributed by atoms with E-state index in [4.69, 9.17) is 0 Å². The average Bonchev–Trinajstić information content (AvgIpc) is 3.06. The maximum Gasteiger partial charge on any atom is 0.336 e. The zero-order valence-corrected chi connectivity index (χ0v) is 13.8. The van der Waals surface area contributed by atoms with Crippen LogP contribution in [-0.4, -0.2) is 26.3 Å². The van der Waals surface area contributed by atoms with Crippen molar-refractivity contribution in [1.82, 2.24) is 15.2 Å². The number of fused-ring (bicyclic) bond motifs is 1. The predicted octanol–water partition coefficient (Wildman–Crippen LogP) is 4.44. The van der Waals surface area contributed by atoms with Crippen molar-refractivity contribution in [3.63, 3.8) is 0 Å². The number of carbonyl (C=O) groups is 1. The molecule has 0 radical (unpaired) electrons. The van der Waals surface area contributed by atoms with Gasteiger partial charge in [-0.3, -0.25) is 5.10 Å². The normalized spacial score (nSPS) is 11.0. The molecule has 4 rings (SSSR count). The van der Waals surface area contributed by atoms with E-state index in [0.29, 0.717) is 28.0 Å². The van der Waals surface area contributed by atoms with Gasteiger partial charge in [-0.05, 0) is 37.3 Å². The lowest BCUT2D eigenvalue weighted by Gasteiger charge is -2.06. The summed E-state index contributed by atoms with van der Waals surface area (Å²) in [5.74, 6) is -1.44. The molecule has 0 aliphatic heterocycles. The summed E-state index contributed by atoms with van der Waals surface area (Å²) in [5.41, 5.74) is 3.99. The Morgan fingerprint density at radius 3 is 2.35 bits per heavy atom. The number of H-pyrrole nitrogens is 1. The maximum atomic E-state index is 13.2. The van der Waals surface area contributed by atoms with E-state index in [1.165, 1.54) is 18.2 Å². The molecule has 2 N–H and O–H groups in total. The summed E-state index contributed by atoms with van der Waals surface area (Å²) in [5, 5.41) is 17.1. The first-order valence-corrected chi connectivity index (χ1v) is 7.98. The van der Waals surface area contributed by atoms with Gasteiger partial charge in [0.2, 0.25) is 0 Å². The van der Waals surface area contributed by atoms with Gasteiger partial charge in [0.05, 0.1) is 22.3 Å². The van der Waals surface area contributed by atoms with E-state index in [1.54, 1.807) is 12.1 Å². The molecule has 0 atom stereocenters. The van der Waals surface area contributed by atoms with Crippen LogP contribution in [0.4, 0.5) is 4.39 Å². The molecule has 0 aliphatic carbocycles. The van der Waals surface area contributed by atoms with Crippen LogP contribution in [-0.2, 0) is 0 Å². The number of aromatic carboxylic acids is 1. The average molecular weight is 347 g/mol. The van der Waals surface area contributed by atoms with E-state index in [0.717, 1.165) is 11.1 Å². The van der Waals surface area contributed by atoms with Gasteiger partial charge >= 0.3 is 5.97 Å². The van der Waals surface area contributed by atoms with Gasteiger partial charge in [-0.25, -0.2) is 14.2 Å². The van der Waals surface area contributed by atoms with Gasteiger partial charge < -0.3 is 5.11 Å². The van der Waals surface area contributed by atoms with Gasteiger partial charge in [-0.1, -0.05) is 29.8 Å². The fourth-order valence-electron chi connectivity index (χ4n) is 2.89. The van der Waals surface area contributed by atoms with E-state index >= 15 is 0 Å². The smallest absolute Gasteiger partial charge is 0.336 e. The number of hydrogen-bond donors (Lipinski definition) is 2. The largest absolute Gasteiger partial charge is 0.478 e. The molecule has 0 spiro atoms. The fraction of sp³-hybridized carbons (Fsp3) is 0.0500. The molecule has 0 aliphatic rings. The summed E-state index contributed by atoms with van der Waals surface area (Å²) >= 11 is 0. The number of pyridine rings is 1. The number of nitrogens with one attached hydrogen (secondary N) is 1. The number of carboxylic acids is 1. The number of nitrogens with zero attached hydrogens (tertiary/aromatic N) is 2. The monoisotopic (exact) mass is 347 g/mol. The lowest BCUT2D eigenvalue weighted by atomic mass is 10.0. The molecule has 0 saturated heterocycles. The zero-order valence-electron chi connectivity index (χ0n) is 13.8. The van der Waals surface area contributed by atoms with E-state index in [1.807, 2.05) is 31.2 Å². The number of carboxylic acid groups (broad SMARTS) is 1. The molecule has 2 heterocycles. The number of aryl methyl sites for hydroxylation is 1. The van der Waals surface area contributed by atoms with Gasteiger partial charge in [0.1, 0.15) is 5.82 Å². The number of aromatic nitrogens is 3. The third-order valence-corrected chi connectivity index (χ3v) is 4.23. The second kappa shape index (κ2) is 6.07. The van der Waals surface area contributed by atoms with Crippen molar-refractivity contribution in [3.05, 3.63) is 71.5 Å². The Hall–Kier alpha value is -3.54.